The number of rotatable bonds is 5. The van der Waals surface area contributed by atoms with Gasteiger partial charge in [0.05, 0.1) is 11.0 Å². The summed E-state index contributed by atoms with van der Waals surface area (Å²) in [6.45, 7) is 1.41. The fraction of sp³-hybridized carbons (Fsp3) is 0.231. The molecule has 1 fully saturated rings. The van der Waals surface area contributed by atoms with Gasteiger partial charge in [-0.05, 0) is 48.7 Å². The maximum atomic E-state index is 13.6. The molecule has 2 aromatic carbocycles. The monoisotopic (exact) mass is 468 g/mol. The molecular weight excluding hydrogens is 444 g/mol. The predicted molar refractivity (Wildman–Crippen MR) is 133 cm³/mol. The third-order valence-electron chi connectivity index (χ3n) is 6.39. The number of aromatic nitrogens is 5. The first-order chi connectivity index (χ1) is 16.8. The molecule has 5 aromatic rings. The van der Waals surface area contributed by atoms with Crippen LogP contribution in [0.5, 0.6) is 0 Å². The second-order valence-corrected chi connectivity index (χ2v) is 9.55. The summed E-state index contributed by atoms with van der Waals surface area (Å²) in [5.41, 5.74) is 4.60. The van der Waals surface area contributed by atoms with Crippen molar-refractivity contribution in [1.82, 2.24) is 29.5 Å². The van der Waals surface area contributed by atoms with Crippen LogP contribution in [0.2, 0.25) is 0 Å². The zero-order valence-corrected chi connectivity index (χ0v) is 19.4. The van der Waals surface area contributed by atoms with Crippen LogP contribution in [0.4, 0.5) is 0 Å². The number of aromatic amines is 1. The number of benzene rings is 2. The van der Waals surface area contributed by atoms with E-state index in [4.69, 9.17) is 0 Å². The SMILES string of the molecule is O=C(c1ccccc1CSc1nc2ccccc2[nH]1)N1CCCC(c2nnc3ccccn23)C1. The van der Waals surface area contributed by atoms with E-state index in [1.807, 2.05) is 82.2 Å². The molecular formula is C26H24N6OS. The molecule has 7 nitrogen and oxygen atoms in total. The van der Waals surface area contributed by atoms with Gasteiger partial charge in [-0.15, -0.1) is 10.2 Å². The molecule has 1 N–H and O–H groups in total. The molecule has 34 heavy (non-hydrogen) atoms. The lowest BCUT2D eigenvalue weighted by Gasteiger charge is -2.32. The van der Waals surface area contributed by atoms with Crippen LogP contribution in [-0.2, 0) is 5.75 Å². The summed E-state index contributed by atoms with van der Waals surface area (Å²) in [6, 6.07) is 21.8. The number of thioether (sulfide) groups is 1. The van der Waals surface area contributed by atoms with E-state index >= 15 is 0 Å². The second kappa shape index (κ2) is 8.95. The Morgan fingerprint density at radius 3 is 2.82 bits per heavy atom. The first-order valence-electron chi connectivity index (χ1n) is 11.5. The fourth-order valence-electron chi connectivity index (χ4n) is 4.68. The smallest absolute Gasteiger partial charge is 0.254 e. The van der Waals surface area contributed by atoms with Gasteiger partial charge < -0.3 is 9.88 Å². The molecule has 0 radical (unpaired) electrons. The molecule has 0 aliphatic carbocycles. The van der Waals surface area contributed by atoms with Gasteiger partial charge in [-0.2, -0.15) is 0 Å². The number of piperidine rings is 1. The van der Waals surface area contributed by atoms with Crippen molar-refractivity contribution in [2.45, 2.75) is 29.7 Å². The van der Waals surface area contributed by atoms with Gasteiger partial charge in [0.1, 0.15) is 5.82 Å². The van der Waals surface area contributed by atoms with E-state index in [1.165, 1.54) is 0 Å². The van der Waals surface area contributed by atoms with E-state index in [0.29, 0.717) is 12.3 Å². The largest absolute Gasteiger partial charge is 0.338 e. The summed E-state index contributed by atoms with van der Waals surface area (Å²) >= 11 is 1.62. The molecule has 6 rings (SSSR count). The molecule has 1 saturated heterocycles. The standard InChI is InChI=1S/C26H24N6OS/c33-25(31-14-7-9-18(16-31)24-30-29-23-13-5-6-15-32(23)24)20-10-2-1-8-19(20)17-34-26-27-21-11-3-4-12-22(21)28-26/h1-6,8,10-13,15,18H,7,9,14,16-17H2,(H,27,28). The summed E-state index contributed by atoms with van der Waals surface area (Å²) in [4.78, 5) is 23.6. The molecule has 1 atom stereocenters. The fourth-order valence-corrected chi connectivity index (χ4v) is 5.57. The highest BCUT2D eigenvalue weighted by Crippen LogP contribution is 2.29. The summed E-state index contributed by atoms with van der Waals surface area (Å²) in [5, 5.41) is 9.61. The molecule has 3 aromatic heterocycles. The van der Waals surface area contributed by atoms with Crippen LogP contribution in [0.25, 0.3) is 16.7 Å². The van der Waals surface area contributed by atoms with Crippen LogP contribution in [0.3, 0.4) is 0 Å². The summed E-state index contributed by atoms with van der Waals surface area (Å²) < 4.78 is 2.04. The van der Waals surface area contributed by atoms with Gasteiger partial charge in [-0.25, -0.2) is 4.98 Å². The first-order valence-corrected chi connectivity index (χ1v) is 12.5. The van der Waals surface area contributed by atoms with Crippen molar-refractivity contribution in [1.29, 1.82) is 0 Å². The highest BCUT2D eigenvalue weighted by molar-refractivity contribution is 7.98. The van der Waals surface area contributed by atoms with Crippen molar-refractivity contribution in [2.75, 3.05) is 13.1 Å². The van der Waals surface area contributed by atoms with Crippen molar-refractivity contribution in [2.24, 2.45) is 0 Å². The summed E-state index contributed by atoms with van der Waals surface area (Å²) in [7, 11) is 0. The van der Waals surface area contributed by atoms with E-state index in [0.717, 1.165) is 58.2 Å². The molecule has 1 unspecified atom stereocenters. The molecule has 1 aliphatic rings. The van der Waals surface area contributed by atoms with Crippen LogP contribution in [0.15, 0.2) is 78.1 Å². The number of amides is 1. The molecule has 4 heterocycles. The second-order valence-electron chi connectivity index (χ2n) is 8.58. The minimum Gasteiger partial charge on any atom is -0.338 e. The Kier molecular flexibility index (Phi) is 5.50. The molecule has 8 heteroatoms. The third-order valence-corrected chi connectivity index (χ3v) is 7.32. The van der Waals surface area contributed by atoms with Crippen LogP contribution in [0, 0.1) is 0 Å². The topological polar surface area (TPSA) is 79.2 Å². The number of H-pyrrole nitrogens is 1. The lowest BCUT2D eigenvalue weighted by Crippen LogP contribution is -2.40. The van der Waals surface area contributed by atoms with Gasteiger partial charge in [0.25, 0.3) is 5.91 Å². The Hall–Kier alpha value is -3.65. The lowest BCUT2D eigenvalue weighted by atomic mass is 9.96. The van der Waals surface area contributed by atoms with Crippen molar-refractivity contribution in [3.05, 3.63) is 89.9 Å². The van der Waals surface area contributed by atoms with Gasteiger partial charge in [-0.1, -0.05) is 48.2 Å². The number of fused-ring (bicyclic) bond motifs is 2. The van der Waals surface area contributed by atoms with E-state index in [-0.39, 0.29) is 11.8 Å². The van der Waals surface area contributed by atoms with Crippen LogP contribution in [0.1, 0.15) is 40.5 Å². The average molecular weight is 469 g/mol. The Morgan fingerprint density at radius 2 is 1.88 bits per heavy atom. The Balaban J connectivity index is 1.20. The zero-order valence-electron chi connectivity index (χ0n) is 18.6. The number of nitrogens with one attached hydrogen (secondary N) is 1. The van der Waals surface area contributed by atoms with Crippen molar-refractivity contribution in [3.8, 4) is 0 Å². The number of hydrogen-bond acceptors (Lipinski definition) is 5. The van der Waals surface area contributed by atoms with Crippen molar-refractivity contribution in [3.63, 3.8) is 0 Å². The molecule has 1 aliphatic heterocycles. The number of likely N-dealkylation sites (tertiary alicyclic amines) is 1. The van der Waals surface area contributed by atoms with Crippen molar-refractivity contribution >= 4 is 34.3 Å². The molecule has 1 amide bonds. The van der Waals surface area contributed by atoms with Crippen LogP contribution >= 0.6 is 11.8 Å². The number of pyridine rings is 1. The van der Waals surface area contributed by atoms with E-state index in [9.17, 15) is 4.79 Å². The number of nitrogens with zero attached hydrogens (tertiary/aromatic N) is 5. The summed E-state index contributed by atoms with van der Waals surface area (Å²) in [6.07, 6.45) is 3.95. The van der Waals surface area contributed by atoms with Gasteiger partial charge in [0.2, 0.25) is 0 Å². The number of carbonyl (C=O) groups is 1. The number of para-hydroxylation sites is 2. The Labute approximate surface area is 201 Å². The molecule has 0 spiro atoms. The van der Waals surface area contributed by atoms with Gasteiger partial charge in [0.15, 0.2) is 10.8 Å². The highest BCUT2D eigenvalue weighted by atomic mass is 32.2. The van der Waals surface area contributed by atoms with E-state index in [2.05, 4.69) is 20.2 Å². The van der Waals surface area contributed by atoms with Gasteiger partial charge in [0, 0.05) is 36.5 Å². The molecule has 0 saturated carbocycles. The minimum atomic E-state index is 0.0827. The normalized spacial score (nSPS) is 16.4. The van der Waals surface area contributed by atoms with E-state index < -0.39 is 0 Å². The maximum absolute atomic E-state index is 13.6. The quantitative estimate of drug-likeness (QED) is 0.371. The zero-order chi connectivity index (χ0) is 22.9. The maximum Gasteiger partial charge on any atom is 0.254 e. The Bertz CT molecular complexity index is 1440. The van der Waals surface area contributed by atoms with Crippen LogP contribution in [-0.4, -0.2) is 48.5 Å². The average Bonchev–Trinajstić information content (AvgIpc) is 3.51. The van der Waals surface area contributed by atoms with Crippen LogP contribution < -0.4 is 0 Å². The van der Waals surface area contributed by atoms with Crippen molar-refractivity contribution < 1.29 is 4.79 Å². The Morgan fingerprint density at radius 1 is 1.03 bits per heavy atom. The number of carbonyl (C=O) groups excluding carboxylic acids is 1. The number of imidazole rings is 1. The summed E-state index contributed by atoms with van der Waals surface area (Å²) in [5.74, 6) is 1.86. The minimum absolute atomic E-state index is 0.0827. The molecule has 0 bridgehead atoms. The van der Waals surface area contributed by atoms with E-state index in [1.54, 1.807) is 11.8 Å². The van der Waals surface area contributed by atoms with Gasteiger partial charge in [-0.3, -0.25) is 9.20 Å². The number of hydrogen-bond donors (Lipinski definition) is 1. The first kappa shape index (κ1) is 20.9. The molecule has 170 valence electrons. The van der Waals surface area contributed by atoms with Gasteiger partial charge >= 0.3 is 0 Å². The predicted octanol–water partition coefficient (Wildman–Crippen LogP) is 4.92. The highest BCUT2D eigenvalue weighted by Gasteiger charge is 2.29. The lowest BCUT2D eigenvalue weighted by molar-refractivity contribution is 0.0703. The third kappa shape index (κ3) is 3.94.